The molecule has 1 amide bonds. The molecule has 0 radical (unpaired) electrons. The first-order chi connectivity index (χ1) is 12.3. The van der Waals surface area contributed by atoms with E-state index in [2.05, 4.69) is 5.32 Å². The first-order valence-corrected chi connectivity index (χ1v) is 10.7. The molecule has 5 nitrogen and oxygen atoms in total. The molecule has 0 aromatic heterocycles. The van der Waals surface area contributed by atoms with Crippen molar-refractivity contribution in [1.82, 2.24) is 0 Å². The number of hydrogen-bond acceptors (Lipinski definition) is 3. The zero-order valence-corrected chi connectivity index (χ0v) is 16.0. The zero-order chi connectivity index (χ0) is 18.7. The fourth-order valence-electron chi connectivity index (χ4n) is 3.08. The van der Waals surface area contributed by atoms with Gasteiger partial charge >= 0.3 is 0 Å². The second-order valence-corrected chi connectivity index (χ2v) is 9.33. The molecule has 1 aliphatic heterocycles. The number of aryl methyl sites for hydroxylation is 2. The Morgan fingerprint density at radius 1 is 1.00 bits per heavy atom. The maximum Gasteiger partial charge on any atom is 0.255 e. The van der Waals surface area contributed by atoms with Crippen LogP contribution < -0.4 is 10.2 Å². The number of sulfone groups is 1. The quantitative estimate of drug-likeness (QED) is 0.851. The van der Waals surface area contributed by atoms with E-state index in [1.807, 2.05) is 56.3 Å². The third-order valence-electron chi connectivity index (χ3n) is 4.97. The van der Waals surface area contributed by atoms with Crippen LogP contribution in [0.5, 0.6) is 0 Å². The van der Waals surface area contributed by atoms with E-state index >= 15 is 0 Å². The Hall–Kier alpha value is -2.18. The van der Waals surface area contributed by atoms with Crippen LogP contribution in [0.3, 0.4) is 0 Å². The number of hydrogen-bond donors (Lipinski definition) is 2. The van der Waals surface area contributed by atoms with Crippen LogP contribution in [0.2, 0.25) is 0 Å². The molecule has 2 aromatic rings. The van der Waals surface area contributed by atoms with Crippen LogP contribution in [0.25, 0.3) is 0 Å². The maximum atomic E-state index is 12.4. The van der Waals surface area contributed by atoms with Crippen LogP contribution in [0.4, 0.5) is 5.69 Å². The minimum absolute atomic E-state index is 0.118. The Balaban J connectivity index is 1.59. The van der Waals surface area contributed by atoms with E-state index in [4.69, 9.17) is 0 Å². The van der Waals surface area contributed by atoms with Gasteiger partial charge in [-0.05, 0) is 49.2 Å². The summed E-state index contributed by atoms with van der Waals surface area (Å²) >= 11 is 0. The molecule has 0 bridgehead atoms. The number of carbonyl (C=O) groups is 1. The van der Waals surface area contributed by atoms with Gasteiger partial charge in [-0.2, -0.15) is 0 Å². The van der Waals surface area contributed by atoms with Gasteiger partial charge in [0.05, 0.1) is 24.6 Å². The Bertz CT molecular complexity index is 891. The van der Waals surface area contributed by atoms with E-state index in [9.17, 15) is 13.2 Å². The molecule has 3 rings (SSSR count). The Morgan fingerprint density at radius 2 is 1.65 bits per heavy atom. The van der Waals surface area contributed by atoms with Crippen molar-refractivity contribution in [2.75, 3.05) is 29.9 Å². The second kappa shape index (κ2) is 7.60. The van der Waals surface area contributed by atoms with Gasteiger partial charge in [0.15, 0.2) is 9.84 Å². The van der Waals surface area contributed by atoms with Crippen molar-refractivity contribution in [2.24, 2.45) is 0 Å². The van der Waals surface area contributed by atoms with Crippen molar-refractivity contribution in [1.29, 1.82) is 0 Å². The lowest BCUT2D eigenvalue weighted by Crippen LogP contribution is -3.13. The van der Waals surface area contributed by atoms with E-state index < -0.39 is 9.84 Å². The summed E-state index contributed by atoms with van der Waals surface area (Å²) in [5.41, 5.74) is 4.81. The largest absolute Gasteiger partial charge is 0.329 e. The molecule has 0 unspecified atom stereocenters. The molecular weight excluding hydrogens is 348 g/mol. The van der Waals surface area contributed by atoms with Gasteiger partial charge in [-0.3, -0.25) is 4.79 Å². The van der Waals surface area contributed by atoms with Gasteiger partial charge in [0.25, 0.3) is 5.91 Å². The molecule has 1 saturated heterocycles. The van der Waals surface area contributed by atoms with Crippen molar-refractivity contribution in [3.05, 3.63) is 64.7 Å². The SMILES string of the molecule is Cc1ccc(C(=O)Nc2ccc(C[NH+]3CCS(=O)(=O)CC3)cc2)cc1C. The molecule has 2 aromatic carbocycles. The molecule has 0 saturated carbocycles. The number of quaternary nitrogens is 1. The van der Waals surface area contributed by atoms with Gasteiger partial charge in [0.2, 0.25) is 0 Å². The van der Waals surface area contributed by atoms with Crippen LogP contribution >= 0.6 is 0 Å². The monoisotopic (exact) mass is 373 g/mol. The molecular formula is C20H25N2O3S+. The molecule has 0 atom stereocenters. The highest BCUT2D eigenvalue weighted by Gasteiger charge is 2.24. The fourth-order valence-corrected chi connectivity index (χ4v) is 4.49. The minimum atomic E-state index is -2.83. The molecule has 1 heterocycles. The summed E-state index contributed by atoms with van der Waals surface area (Å²) in [5.74, 6) is 0.423. The van der Waals surface area contributed by atoms with Crippen molar-refractivity contribution >= 4 is 21.4 Å². The number of rotatable bonds is 4. The predicted octanol–water partition coefficient (Wildman–Crippen LogP) is 1.37. The lowest BCUT2D eigenvalue weighted by molar-refractivity contribution is -0.910. The molecule has 26 heavy (non-hydrogen) atoms. The first kappa shape index (κ1) is 18.6. The van der Waals surface area contributed by atoms with Gasteiger partial charge in [-0.15, -0.1) is 0 Å². The number of amides is 1. The third-order valence-corrected chi connectivity index (χ3v) is 6.62. The highest BCUT2D eigenvalue weighted by atomic mass is 32.2. The lowest BCUT2D eigenvalue weighted by Gasteiger charge is -2.23. The molecule has 138 valence electrons. The van der Waals surface area contributed by atoms with Crippen molar-refractivity contribution in [3.8, 4) is 0 Å². The molecule has 6 heteroatoms. The zero-order valence-electron chi connectivity index (χ0n) is 15.2. The minimum Gasteiger partial charge on any atom is -0.329 e. The number of anilines is 1. The number of carbonyl (C=O) groups excluding carboxylic acids is 1. The van der Waals surface area contributed by atoms with Crippen LogP contribution in [-0.4, -0.2) is 38.9 Å². The summed E-state index contributed by atoms with van der Waals surface area (Å²) < 4.78 is 23.0. The van der Waals surface area contributed by atoms with E-state index in [-0.39, 0.29) is 17.4 Å². The highest BCUT2D eigenvalue weighted by Crippen LogP contribution is 2.14. The molecule has 0 spiro atoms. The molecule has 1 aliphatic rings. The normalized spacial score (nSPS) is 17.0. The summed E-state index contributed by atoms with van der Waals surface area (Å²) in [7, 11) is -2.83. The average molecular weight is 373 g/mol. The summed E-state index contributed by atoms with van der Waals surface area (Å²) in [6, 6.07) is 13.5. The van der Waals surface area contributed by atoms with E-state index in [1.165, 1.54) is 10.5 Å². The van der Waals surface area contributed by atoms with Crippen molar-refractivity contribution in [2.45, 2.75) is 20.4 Å². The van der Waals surface area contributed by atoms with Gasteiger partial charge < -0.3 is 10.2 Å². The van der Waals surface area contributed by atoms with Crippen LogP contribution in [0.15, 0.2) is 42.5 Å². The van der Waals surface area contributed by atoms with Crippen molar-refractivity contribution in [3.63, 3.8) is 0 Å². The Labute approximate surface area is 154 Å². The fraction of sp³-hybridized carbons (Fsp3) is 0.350. The molecule has 0 aliphatic carbocycles. The Kier molecular flexibility index (Phi) is 5.44. The summed E-state index contributed by atoms with van der Waals surface area (Å²) in [4.78, 5) is 13.7. The first-order valence-electron chi connectivity index (χ1n) is 8.84. The van der Waals surface area contributed by atoms with Gasteiger partial charge in [0, 0.05) is 16.8 Å². The topological polar surface area (TPSA) is 67.7 Å². The predicted molar refractivity (Wildman–Crippen MR) is 103 cm³/mol. The summed E-state index contributed by atoms with van der Waals surface area (Å²) in [5, 5.41) is 2.92. The highest BCUT2D eigenvalue weighted by molar-refractivity contribution is 7.91. The van der Waals surface area contributed by atoms with Crippen LogP contribution in [0.1, 0.15) is 27.0 Å². The third kappa shape index (κ3) is 4.71. The van der Waals surface area contributed by atoms with E-state index in [0.717, 1.165) is 23.4 Å². The maximum absolute atomic E-state index is 12.4. The van der Waals surface area contributed by atoms with Crippen LogP contribution in [-0.2, 0) is 16.4 Å². The van der Waals surface area contributed by atoms with Gasteiger partial charge in [0.1, 0.15) is 6.54 Å². The lowest BCUT2D eigenvalue weighted by atomic mass is 10.1. The molecule has 2 N–H and O–H groups in total. The smallest absolute Gasteiger partial charge is 0.255 e. The van der Waals surface area contributed by atoms with Gasteiger partial charge in [-0.1, -0.05) is 18.2 Å². The van der Waals surface area contributed by atoms with E-state index in [0.29, 0.717) is 18.7 Å². The standard InChI is InChI=1S/C20H24N2O3S/c1-15-3-6-18(13-16(15)2)20(23)21-19-7-4-17(5-8-19)14-22-9-11-26(24,25)12-10-22/h3-8,13H,9-12,14H2,1-2H3,(H,21,23)/p+1. The summed E-state index contributed by atoms with van der Waals surface area (Å²) in [6.45, 7) is 6.15. The average Bonchev–Trinajstić information content (AvgIpc) is 2.61. The van der Waals surface area contributed by atoms with Crippen molar-refractivity contribution < 1.29 is 18.1 Å². The van der Waals surface area contributed by atoms with Gasteiger partial charge in [-0.25, -0.2) is 8.42 Å². The summed E-state index contributed by atoms with van der Waals surface area (Å²) in [6.07, 6.45) is 0. The number of nitrogens with one attached hydrogen (secondary N) is 2. The number of benzene rings is 2. The van der Waals surface area contributed by atoms with E-state index in [1.54, 1.807) is 0 Å². The molecule has 1 fully saturated rings. The van der Waals surface area contributed by atoms with Crippen LogP contribution in [0, 0.1) is 13.8 Å². The Morgan fingerprint density at radius 3 is 2.27 bits per heavy atom. The second-order valence-electron chi connectivity index (χ2n) is 7.03.